The van der Waals surface area contributed by atoms with E-state index < -0.39 is 11.6 Å². The summed E-state index contributed by atoms with van der Waals surface area (Å²) in [5.74, 6) is -0.910. The molecule has 0 N–H and O–H groups in total. The van der Waals surface area contributed by atoms with Gasteiger partial charge < -0.3 is 4.74 Å². The standard InChI is InChI=1S/C39H51F3O/c1-3-5-7-9-11-13-27-43-37-26-25-35(38(41)39(37)42)32-21-19-31(20-22-32)34-24-23-33(28-36(34)40)30-17-15-29(16-18-30)14-12-10-8-6-4-2/h19-26,28-30H,3-18,27H2,1-2H3. The van der Waals surface area contributed by atoms with Crippen molar-refractivity contribution in [3.8, 4) is 28.0 Å². The second-order valence-electron chi connectivity index (χ2n) is 12.6. The summed E-state index contributed by atoms with van der Waals surface area (Å²) >= 11 is 0. The second-order valence-corrected chi connectivity index (χ2v) is 12.6. The average molecular weight is 593 g/mol. The SMILES string of the molecule is CCCCCCCCOc1ccc(-c2ccc(-c3ccc(C4CCC(CCCCCCC)CC4)cc3F)cc2)c(F)c1F. The summed E-state index contributed by atoms with van der Waals surface area (Å²) in [6.07, 6.45) is 19.4. The van der Waals surface area contributed by atoms with Crippen LogP contribution in [0.1, 0.15) is 128 Å². The second kappa shape index (κ2) is 17.5. The van der Waals surface area contributed by atoms with E-state index in [1.807, 2.05) is 6.07 Å². The van der Waals surface area contributed by atoms with Crippen LogP contribution in [-0.2, 0) is 0 Å². The Labute approximate surface area is 258 Å². The van der Waals surface area contributed by atoms with Gasteiger partial charge in [0.1, 0.15) is 5.82 Å². The van der Waals surface area contributed by atoms with E-state index in [1.165, 1.54) is 76.7 Å². The molecule has 1 saturated carbocycles. The highest BCUT2D eigenvalue weighted by atomic mass is 19.2. The van der Waals surface area contributed by atoms with Gasteiger partial charge in [0.2, 0.25) is 5.82 Å². The van der Waals surface area contributed by atoms with Gasteiger partial charge in [-0.3, -0.25) is 0 Å². The van der Waals surface area contributed by atoms with Gasteiger partial charge in [-0.25, -0.2) is 8.78 Å². The van der Waals surface area contributed by atoms with Crippen LogP contribution in [0, 0.1) is 23.4 Å². The molecular weight excluding hydrogens is 541 g/mol. The summed E-state index contributed by atoms with van der Waals surface area (Å²) in [4.78, 5) is 0. The van der Waals surface area contributed by atoms with Crippen molar-refractivity contribution in [2.24, 2.45) is 5.92 Å². The van der Waals surface area contributed by atoms with Crippen molar-refractivity contribution < 1.29 is 17.9 Å². The Balaban J connectivity index is 1.31. The fraction of sp³-hybridized carbons (Fsp3) is 0.538. The number of unbranched alkanes of at least 4 members (excludes halogenated alkanes) is 9. The van der Waals surface area contributed by atoms with Crippen LogP contribution < -0.4 is 4.74 Å². The third-order valence-electron chi connectivity index (χ3n) is 9.34. The molecule has 1 aliphatic rings. The van der Waals surface area contributed by atoms with E-state index in [9.17, 15) is 8.78 Å². The molecule has 3 aromatic carbocycles. The first-order valence-corrected chi connectivity index (χ1v) is 17.0. The molecule has 0 saturated heterocycles. The Morgan fingerprint density at radius 1 is 0.605 bits per heavy atom. The summed E-state index contributed by atoms with van der Waals surface area (Å²) < 4.78 is 50.6. The summed E-state index contributed by atoms with van der Waals surface area (Å²) in [6, 6.07) is 15.7. The molecule has 4 rings (SSSR count). The van der Waals surface area contributed by atoms with E-state index in [0.29, 0.717) is 23.7 Å². The Hall–Kier alpha value is -2.75. The molecule has 1 nitrogen and oxygen atoms in total. The van der Waals surface area contributed by atoms with Gasteiger partial charge in [0.15, 0.2) is 11.6 Å². The van der Waals surface area contributed by atoms with Gasteiger partial charge in [-0.05, 0) is 78.8 Å². The van der Waals surface area contributed by atoms with Crippen LogP contribution in [0.15, 0.2) is 54.6 Å². The summed E-state index contributed by atoms with van der Waals surface area (Å²) in [5, 5.41) is 0. The minimum atomic E-state index is -0.963. The first kappa shape index (κ1) is 33.1. The van der Waals surface area contributed by atoms with Gasteiger partial charge in [0.25, 0.3) is 0 Å². The molecule has 4 heteroatoms. The minimum Gasteiger partial charge on any atom is -0.490 e. The van der Waals surface area contributed by atoms with Crippen molar-refractivity contribution in [2.45, 2.75) is 122 Å². The topological polar surface area (TPSA) is 9.23 Å². The number of hydrogen-bond donors (Lipinski definition) is 0. The van der Waals surface area contributed by atoms with Crippen molar-refractivity contribution >= 4 is 0 Å². The van der Waals surface area contributed by atoms with E-state index in [1.54, 1.807) is 36.4 Å². The van der Waals surface area contributed by atoms with Crippen molar-refractivity contribution in [3.63, 3.8) is 0 Å². The first-order chi connectivity index (χ1) is 21.0. The number of hydrogen-bond acceptors (Lipinski definition) is 1. The normalized spacial score (nSPS) is 16.9. The van der Waals surface area contributed by atoms with Gasteiger partial charge in [-0.1, -0.05) is 121 Å². The summed E-state index contributed by atoms with van der Waals surface area (Å²) in [7, 11) is 0. The number of halogens is 3. The van der Waals surface area contributed by atoms with Crippen LogP contribution >= 0.6 is 0 Å². The highest BCUT2D eigenvalue weighted by Crippen LogP contribution is 2.39. The molecule has 234 valence electrons. The van der Waals surface area contributed by atoms with Crippen LogP contribution in [0.4, 0.5) is 13.2 Å². The zero-order valence-electron chi connectivity index (χ0n) is 26.4. The molecule has 3 aromatic rings. The zero-order chi connectivity index (χ0) is 30.4. The molecule has 1 aliphatic carbocycles. The minimum absolute atomic E-state index is 0.0514. The van der Waals surface area contributed by atoms with E-state index in [0.717, 1.165) is 49.1 Å². The zero-order valence-corrected chi connectivity index (χ0v) is 26.4. The highest BCUT2D eigenvalue weighted by Gasteiger charge is 2.23. The molecule has 0 amide bonds. The molecule has 0 bridgehead atoms. The quantitative estimate of drug-likeness (QED) is 0.142. The van der Waals surface area contributed by atoms with E-state index in [-0.39, 0.29) is 17.1 Å². The Bertz CT molecular complexity index is 1240. The fourth-order valence-corrected chi connectivity index (χ4v) is 6.60. The predicted octanol–water partition coefficient (Wildman–Crippen LogP) is 12.8. The van der Waals surface area contributed by atoms with Crippen LogP contribution in [0.5, 0.6) is 5.75 Å². The van der Waals surface area contributed by atoms with E-state index in [4.69, 9.17) is 4.74 Å². The first-order valence-electron chi connectivity index (χ1n) is 17.0. The van der Waals surface area contributed by atoms with Crippen LogP contribution in [0.25, 0.3) is 22.3 Å². The lowest BCUT2D eigenvalue weighted by atomic mass is 9.77. The molecular formula is C39H51F3O. The lowest BCUT2D eigenvalue weighted by molar-refractivity contribution is 0.285. The molecule has 0 aromatic heterocycles. The third kappa shape index (κ3) is 9.62. The van der Waals surface area contributed by atoms with Gasteiger partial charge in [-0.2, -0.15) is 4.39 Å². The molecule has 1 fully saturated rings. The molecule has 43 heavy (non-hydrogen) atoms. The monoisotopic (exact) mass is 592 g/mol. The maximum absolute atomic E-state index is 15.3. The summed E-state index contributed by atoms with van der Waals surface area (Å²) in [6.45, 7) is 4.81. The van der Waals surface area contributed by atoms with Crippen molar-refractivity contribution in [1.29, 1.82) is 0 Å². The van der Waals surface area contributed by atoms with Gasteiger partial charge in [0, 0.05) is 11.1 Å². The summed E-state index contributed by atoms with van der Waals surface area (Å²) in [5.41, 5.74) is 3.06. The maximum atomic E-state index is 15.3. The average Bonchev–Trinajstić information content (AvgIpc) is 3.03. The number of benzene rings is 3. The van der Waals surface area contributed by atoms with Crippen molar-refractivity contribution in [1.82, 2.24) is 0 Å². The van der Waals surface area contributed by atoms with Crippen LogP contribution in [0.2, 0.25) is 0 Å². The Morgan fingerprint density at radius 3 is 1.84 bits per heavy atom. The molecule has 0 heterocycles. The lowest BCUT2D eigenvalue weighted by Gasteiger charge is -2.29. The molecule has 0 atom stereocenters. The van der Waals surface area contributed by atoms with E-state index >= 15 is 4.39 Å². The van der Waals surface area contributed by atoms with Crippen LogP contribution in [-0.4, -0.2) is 6.61 Å². The third-order valence-corrected chi connectivity index (χ3v) is 9.34. The largest absolute Gasteiger partial charge is 0.490 e. The van der Waals surface area contributed by atoms with E-state index in [2.05, 4.69) is 19.9 Å². The Kier molecular flexibility index (Phi) is 13.5. The van der Waals surface area contributed by atoms with Gasteiger partial charge >= 0.3 is 0 Å². The van der Waals surface area contributed by atoms with Crippen LogP contribution in [0.3, 0.4) is 0 Å². The fourth-order valence-electron chi connectivity index (χ4n) is 6.60. The molecule has 0 aliphatic heterocycles. The smallest absolute Gasteiger partial charge is 0.201 e. The van der Waals surface area contributed by atoms with Gasteiger partial charge in [-0.15, -0.1) is 0 Å². The Morgan fingerprint density at radius 2 is 1.19 bits per heavy atom. The molecule has 0 radical (unpaired) electrons. The van der Waals surface area contributed by atoms with Gasteiger partial charge in [0.05, 0.1) is 6.61 Å². The number of ether oxygens (including phenoxy) is 1. The highest BCUT2D eigenvalue weighted by molar-refractivity contribution is 5.71. The maximum Gasteiger partial charge on any atom is 0.201 e. The number of rotatable bonds is 17. The van der Waals surface area contributed by atoms with Crippen molar-refractivity contribution in [3.05, 3.63) is 77.6 Å². The van der Waals surface area contributed by atoms with Crippen molar-refractivity contribution in [2.75, 3.05) is 6.61 Å². The predicted molar refractivity (Wildman–Crippen MR) is 174 cm³/mol. The molecule has 0 unspecified atom stereocenters. The lowest BCUT2D eigenvalue weighted by Crippen LogP contribution is -2.13. The molecule has 0 spiro atoms.